The lowest BCUT2D eigenvalue weighted by molar-refractivity contribution is -0.135. The summed E-state index contributed by atoms with van der Waals surface area (Å²) >= 11 is 0. The molecule has 0 aromatic carbocycles. The van der Waals surface area contributed by atoms with Crippen LogP contribution in [0.4, 0.5) is 0 Å². The van der Waals surface area contributed by atoms with Crippen LogP contribution in [0.3, 0.4) is 0 Å². The van der Waals surface area contributed by atoms with E-state index in [0.717, 1.165) is 6.26 Å². The van der Waals surface area contributed by atoms with Crippen LogP contribution >= 0.6 is 0 Å². The van der Waals surface area contributed by atoms with Gasteiger partial charge in [0.15, 0.2) is 6.10 Å². The molecule has 1 heterocycles. The third-order valence-corrected chi connectivity index (χ3v) is 2.08. The Labute approximate surface area is 96.5 Å². The SMILES string of the molecule is C=C(C)C(=O)C1OC=C1/C(=C/C(=O)O)C(=O)O. The summed E-state index contributed by atoms with van der Waals surface area (Å²) in [5, 5.41) is 17.4. The van der Waals surface area contributed by atoms with Gasteiger partial charge < -0.3 is 14.9 Å². The number of hydrogen-bond donors (Lipinski definition) is 2. The standard InChI is InChI=1S/C11H10O6/c1-5(2)9(14)10-7(4-17-10)6(11(15)16)3-8(12)13/h3-4,10H,1H2,2H3,(H,12,13)(H,15,16)/b6-3-. The average molecular weight is 238 g/mol. The summed E-state index contributed by atoms with van der Waals surface area (Å²) in [6, 6.07) is 0. The molecular weight excluding hydrogens is 228 g/mol. The number of ether oxygens (including phenoxy) is 1. The third-order valence-electron chi connectivity index (χ3n) is 2.08. The van der Waals surface area contributed by atoms with Crippen molar-refractivity contribution in [1.29, 1.82) is 0 Å². The van der Waals surface area contributed by atoms with Crippen LogP contribution in [0, 0.1) is 0 Å². The van der Waals surface area contributed by atoms with Gasteiger partial charge in [0.05, 0.1) is 11.8 Å². The molecule has 0 aromatic heterocycles. The predicted octanol–water partition coefficient (Wildman–Crippen LogP) is 0.510. The number of rotatable bonds is 5. The van der Waals surface area contributed by atoms with E-state index >= 15 is 0 Å². The zero-order valence-corrected chi connectivity index (χ0v) is 8.97. The lowest BCUT2D eigenvalue weighted by atomic mass is 9.93. The van der Waals surface area contributed by atoms with Crippen LogP contribution in [0.1, 0.15) is 6.92 Å². The second-order valence-electron chi connectivity index (χ2n) is 3.44. The van der Waals surface area contributed by atoms with Gasteiger partial charge in [-0.1, -0.05) is 6.58 Å². The van der Waals surface area contributed by atoms with E-state index in [4.69, 9.17) is 14.9 Å². The Bertz CT molecular complexity index is 468. The Hall–Kier alpha value is -2.37. The van der Waals surface area contributed by atoms with Crippen molar-refractivity contribution in [3.05, 3.63) is 35.6 Å². The molecule has 0 aromatic rings. The Morgan fingerprint density at radius 2 is 2.00 bits per heavy atom. The van der Waals surface area contributed by atoms with Gasteiger partial charge in [-0.25, -0.2) is 9.59 Å². The summed E-state index contributed by atoms with van der Waals surface area (Å²) in [6.45, 7) is 4.88. The molecule has 6 heteroatoms. The summed E-state index contributed by atoms with van der Waals surface area (Å²) in [5.41, 5.74) is -0.225. The Kier molecular flexibility index (Phi) is 3.47. The maximum absolute atomic E-state index is 11.5. The van der Waals surface area contributed by atoms with E-state index in [9.17, 15) is 14.4 Å². The first-order valence-electron chi connectivity index (χ1n) is 4.58. The first-order valence-corrected chi connectivity index (χ1v) is 4.58. The van der Waals surface area contributed by atoms with E-state index in [1.165, 1.54) is 6.92 Å². The summed E-state index contributed by atoms with van der Waals surface area (Å²) in [4.78, 5) is 32.8. The second kappa shape index (κ2) is 4.65. The minimum absolute atomic E-state index is 0.0351. The molecule has 0 radical (unpaired) electrons. The molecule has 6 nitrogen and oxygen atoms in total. The molecule has 90 valence electrons. The van der Waals surface area contributed by atoms with E-state index in [0.29, 0.717) is 6.08 Å². The lowest BCUT2D eigenvalue weighted by Gasteiger charge is -2.26. The van der Waals surface area contributed by atoms with Crippen molar-refractivity contribution < 1.29 is 29.3 Å². The molecule has 1 aliphatic rings. The number of carboxylic acids is 2. The largest absolute Gasteiger partial charge is 0.484 e. The molecular formula is C11H10O6. The molecule has 0 bridgehead atoms. The van der Waals surface area contributed by atoms with Gasteiger partial charge in [-0.15, -0.1) is 0 Å². The molecule has 17 heavy (non-hydrogen) atoms. The summed E-state index contributed by atoms with van der Waals surface area (Å²) < 4.78 is 4.81. The zero-order chi connectivity index (χ0) is 13.2. The summed E-state index contributed by atoms with van der Waals surface area (Å²) in [6.07, 6.45) is 0.498. The normalized spacial score (nSPS) is 18.5. The van der Waals surface area contributed by atoms with E-state index in [1.54, 1.807) is 0 Å². The first-order chi connectivity index (χ1) is 7.84. The van der Waals surface area contributed by atoms with Crippen LogP contribution in [0.5, 0.6) is 0 Å². The van der Waals surface area contributed by atoms with Gasteiger partial charge >= 0.3 is 11.9 Å². The molecule has 0 amide bonds. The summed E-state index contributed by atoms with van der Waals surface area (Å²) in [7, 11) is 0. The van der Waals surface area contributed by atoms with Crippen LogP contribution in [-0.4, -0.2) is 34.0 Å². The lowest BCUT2D eigenvalue weighted by Crippen LogP contribution is -2.34. The maximum Gasteiger partial charge on any atom is 0.336 e. The molecule has 0 spiro atoms. The molecule has 0 aliphatic carbocycles. The highest BCUT2D eigenvalue weighted by atomic mass is 16.5. The number of carbonyl (C=O) groups is 3. The van der Waals surface area contributed by atoms with Gasteiger partial charge in [0, 0.05) is 11.6 Å². The minimum Gasteiger partial charge on any atom is -0.484 e. The number of carbonyl (C=O) groups excluding carboxylic acids is 1. The quantitative estimate of drug-likeness (QED) is 0.677. The van der Waals surface area contributed by atoms with Crippen molar-refractivity contribution in [2.45, 2.75) is 13.0 Å². The zero-order valence-electron chi connectivity index (χ0n) is 8.97. The van der Waals surface area contributed by atoms with Crippen LogP contribution in [0.15, 0.2) is 35.6 Å². The van der Waals surface area contributed by atoms with Crippen LogP contribution in [0.25, 0.3) is 0 Å². The average Bonchev–Trinajstić information content (AvgIpc) is 2.13. The fourth-order valence-electron chi connectivity index (χ4n) is 1.23. The number of hydrogen-bond acceptors (Lipinski definition) is 4. The van der Waals surface area contributed by atoms with E-state index < -0.39 is 29.4 Å². The minimum atomic E-state index is -1.43. The first kappa shape index (κ1) is 12.7. The highest BCUT2D eigenvalue weighted by Crippen LogP contribution is 2.28. The smallest absolute Gasteiger partial charge is 0.336 e. The highest BCUT2D eigenvalue weighted by molar-refractivity contribution is 6.06. The topological polar surface area (TPSA) is 101 Å². The Morgan fingerprint density at radius 3 is 2.29 bits per heavy atom. The van der Waals surface area contributed by atoms with Gasteiger partial charge in [0.1, 0.15) is 0 Å². The molecule has 0 fully saturated rings. The van der Waals surface area contributed by atoms with Crippen molar-refractivity contribution in [2.75, 3.05) is 0 Å². The van der Waals surface area contributed by atoms with E-state index in [2.05, 4.69) is 6.58 Å². The van der Waals surface area contributed by atoms with Crippen LogP contribution < -0.4 is 0 Å². The number of carboxylic acid groups (broad SMARTS) is 2. The van der Waals surface area contributed by atoms with Gasteiger partial charge in [0.25, 0.3) is 0 Å². The number of ketones is 1. The van der Waals surface area contributed by atoms with Crippen molar-refractivity contribution in [1.82, 2.24) is 0 Å². The van der Waals surface area contributed by atoms with Gasteiger partial charge in [0.2, 0.25) is 5.78 Å². The highest BCUT2D eigenvalue weighted by Gasteiger charge is 2.36. The molecule has 0 saturated heterocycles. The van der Waals surface area contributed by atoms with Crippen molar-refractivity contribution >= 4 is 17.7 Å². The van der Waals surface area contributed by atoms with Gasteiger partial charge in [-0.3, -0.25) is 4.79 Å². The molecule has 1 atom stereocenters. The predicted molar refractivity (Wildman–Crippen MR) is 56.1 cm³/mol. The fraction of sp³-hybridized carbons (Fsp3) is 0.182. The second-order valence-corrected chi connectivity index (χ2v) is 3.44. The van der Waals surface area contributed by atoms with E-state index in [1.807, 2.05) is 0 Å². The Morgan fingerprint density at radius 1 is 1.41 bits per heavy atom. The monoisotopic (exact) mass is 238 g/mol. The van der Waals surface area contributed by atoms with Crippen LogP contribution in [0.2, 0.25) is 0 Å². The van der Waals surface area contributed by atoms with Crippen molar-refractivity contribution in [2.24, 2.45) is 0 Å². The van der Waals surface area contributed by atoms with E-state index in [-0.39, 0.29) is 11.1 Å². The summed E-state index contributed by atoms with van der Waals surface area (Å²) in [5.74, 6) is -3.31. The van der Waals surface area contributed by atoms with Crippen molar-refractivity contribution in [3.63, 3.8) is 0 Å². The molecule has 1 aliphatic heterocycles. The molecule has 1 unspecified atom stereocenters. The number of aliphatic carboxylic acids is 2. The van der Waals surface area contributed by atoms with Gasteiger partial charge in [-0.05, 0) is 12.5 Å². The Balaban J connectivity index is 3.01. The van der Waals surface area contributed by atoms with Crippen LogP contribution in [-0.2, 0) is 19.1 Å². The fourth-order valence-corrected chi connectivity index (χ4v) is 1.23. The number of Topliss-reactive ketones (excluding diaryl/α,β-unsaturated/α-hetero) is 1. The molecule has 2 N–H and O–H groups in total. The van der Waals surface area contributed by atoms with Gasteiger partial charge in [-0.2, -0.15) is 0 Å². The maximum atomic E-state index is 11.5. The third kappa shape index (κ3) is 2.60. The van der Waals surface area contributed by atoms with Crippen molar-refractivity contribution in [3.8, 4) is 0 Å². The molecule has 0 saturated carbocycles. The molecule has 1 rings (SSSR count).